The highest BCUT2D eigenvalue weighted by molar-refractivity contribution is 5.97. The third-order valence-corrected chi connectivity index (χ3v) is 4.13. The lowest BCUT2D eigenvalue weighted by atomic mass is 9.92. The second-order valence-corrected chi connectivity index (χ2v) is 7.62. The van der Waals surface area contributed by atoms with Crippen LogP contribution in [0.4, 0.5) is 0 Å². The fourth-order valence-corrected chi connectivity index (χ4v) is 2.47. The minimum Gasteiger partial charge on any atom is -0.343 e. The fourth-order valence-electron chi connectivity index (χ4n) is 2.47. The van der Waals surface area contributed by atoms with E-state index in [0.717, 1.165) is 5.56 Å². The number of carbonyl (C=O) groups excluding carboxylic acids is 2. The highest BCUT2D eigenvalue weighted by atomic mass is 16.2. The smallest absolute Gasteiger partial charge is 0.251 e. The molecular weight excluding hydrogens is 302 g/mol. The van der Waals surface area contributed by atoms with E-state index in [-0.39, 0.29) is 23.1 Å². The molecule has 0 aliphatic rings. The number of aryl methyl sites for hydroxylation is 1. The van der Waals surface area contributed by atoms with Crippen LogP contribution in [0.5, 0.6) is 0 Å². The molecule has 0 spiro atoms. The molecule has 0 aliphatic carbocycles. The van der Waals surface area contributed by atoms with Crippen molar-refractivity contribution < 1.29 is 9.59 Å². The molecule has 0 radical (unpaired) electrons. The van der Waals surface area contributed by atoms with Crippen LogP contribution >= 0.6 is 0 Å². The van der Waals surface area contributed by atoms with Gasteiger partial charge in [-0.25, -0.2) is 0 Å². The van der Waals surface area contributed by atoms with Gasteiger partial charge in [0.1, 0.15) is 6.04 Å². The van der Waals surface area contributed by atoms with E-state index in [1.807, 2.05) is 46.8 Å². The average molecular weight is 333 g/mol. The van der Waals surface area contributed by atoms with E-state index < -0.39 is 6.04 Å². The number of likely N-dealkylation sites (N-methyl/N-ethyl adjacent to an activating group) is 1. The van der Waals surface area contributed by atoms with Gasteiger partial charge in [0, 0.05) is 19.2 Å². The van der Waals surface area contributed by atoms with Crippen LogP contribution in [-0.4, -0.2) is 42.9 Å². The third-order valence-electron chi connectivity index (χ3n) is 4.13. The Morgan fingerprint density at radius 3 is 2.21 bits per heavy atom. The van der Waals surface area contributed by atoms with Gasteiger partial charge in [0.25, 0.3) is 5.91 Å². The van der Waals surface area contributed by atoms with Crippen LogP contribution in [0, 0.1) is 18.3 Å². The lowest BCUT2D eigenvalue weighted by Gasteiger charge is -2.32. The predicted molar refractivity (Wildman–Crippen MR) is 97.7 cm³/mol. The SMILES string of the molecule is Cc1ccc(C(=O)NC(C(=O)N(C)CC(C)(C)CN)C(C)C)cc1. The van der Waals surface area contributed by atoms with Crippen LogP contribution < -0.4 is 11.1 Å². The van der Waals surface area contributed by atoms with Crippen LogP contribution in [0.3, 0.4) is 0 Å². The van der Waals surface area contributed by atoms with Crippen molar-refractivity contribution in [3.63, 3.8) is 0 Å². The van der Waals surface area contributed by atoms with Gasteiger partial charge in [-0.1, -0.05) is 45.4 Å². The number of nitrogens with two attached hydrogens (primary N) is 1. The molecule has 2 amide bonds. The Kier molecular flexibility index (Phi) is 6.96. The molecule has 0 aliphatic heterocycles. The molecule has 1 unspecified atom stereocenters. The van der Waals surface area contributed by atoms with Crippen LogP contribution in [0.2, 0.25) is 0 Å². The molecule has 0 fully saturated rings. The molecule has 1 rings (SSSR count). The van der Waals surface area contributed by atoms with E-state index in [9.17, 15) is 9.59 Å². The standard InChI is InChI=1S/C19H31N3O2/c1-13(2)16(18(24)22(6)12-19(4,5)11-20)21-17(23)15-9-7-14(3)8-10-15/h7-10,13,16H,11-12,20H2,1-6H3,(H,21,23). The number of rotatable bonds is 7. The first-order valence-electron chi connectivity index (χ1n) is 8.40. The predicted octanol–water partition coefficient (Wildman–Crippen LogP) is 2.19. The number of amides is 2. The third kappa shape index (κ3) is 5.64. The lowest BCUT2D eigenvalue weighted by molar-refractivity contribution is -0.134. The number of nitrogens with one attached hydrogen (secondary N) is 1. The number of carbonyl (C=O) groups is 2. The Morgan fingerprint density at radius 1 is 1.21 bits per heavy atom. The number of hydrogen-bond donors (Lipinski definition) is 2. The normalized spacial score (nSPS) is 12.8. The molecule has 1 aromatic rings. The summed E-state index contributed by atoms with van der Waals surface area (Å²) in [5.74, 6) is -0.323. The van der Waals surface area contributed by atoms with Crippen molar-refractivity contribution in [2.24, 2.45) is 17.1 Å². The molecule has 134 valence electrons. The summed E-state index contributed by atoms with van der Waals surface area (Å²) in [5.41, 5.74) is 7.24. The first-order valence-corrected chi connectivity index (χ1v) is 8.40. The summed E-state index contributed by atoms with van der Waals surface area (Å²) in [6.45, 7) is 10.9. The summed E-state index contributed by atoms with van der Waals surface area (Å²) in [7, 11) is 1.76. The van der Waals surface area contributed by atoms with E-state index in [1.165, 1.54) is 0 Å². The maximum absolute atomic E-state index is 12.8. The maximum atomic E-state index is 12.8. The molecule has 1 atom stereocenters. The van der Waals surface area contributed by atoms with Gasteiger partial charge in [-0.05, 0) is 36.9 Å². The molecule has 5 heteroatoms. The molecule has 0 bridgehead atoms. The Labute approximate surface area is 145 Å². The van der Waals surface area contributed by atoms with Crippen LogP contribution in [0.1, 0.15) is 43.6 Å². The van der Waals surface area contributed by atoms with Crippen LogP contribution in [-0.2, 0) is 4.79 Å². The van der Waals surface area contributed by atoms with Crippen molar-refractivity contribution in [2.75, 3.05) is 20.1 Å². The second-order valence-electron chi connectivity index (χ2n) is 7.62. The Hall–Kier alpha value is -1.88. The molecule has 0 aromatic heterocycles. The minimum atomic E-state index is -0.558. The van der Waals surface area contributed by atoms with E-state index in [4.69, 9.17) is 5.73 Å². The minimum absolute atomic E-state index is 0.00432. The van der Waals surface area contributed by atoms with E-state index in [0.29, 0.717) is 18.7 Å². The maximum Gasteiger partial charge on any atom is 0.251 e. The molecule has 0 saturated carbocycles. The second kappa shape index (κ2) is 8.29. The summed E-state index contributed by atoms with van der Waals surface area (Å²) in [5, 5.41) is 2.88. The van der Waals surface area contributed by atoms with Gasteiger partial charge in [-0.15, -0.1) is 0 Å². The zero-order valence-electron chi connectivity index (χ0n) is 15.7. The molecule has 1 aromatic carbocycles. The molecule has 0 saturated heterocycles. The summed E-state index contributed by atoms with van der Waals surface area (Å²) in [4.78, 5) is 26.9. The first kappa shape index (κ1) is 20.2. The summed E-state index contributed by atoms with van der Waals surface area (Å²) < 4.78 is 0. The summed E-state index contributed by atoms with van der Waals surface area (Å²) >= 11 is 0. The van der Waals surface area contributed by atoms with Gasteiger partial charge < -0.3 is 16.0 Å². The highest BCUT2D eigenvalue weighted by Crippen LogP contribution is 2.16. The Bertz CT molecular complexity index is 564. The van der Waals surface area contributed by atoms with Crippen molar-refractivity contribution in [1.82, 2.24) is 10.2 Å². The number of nitrogens with zero attached hydrogens (tertiary/aromatic N) is 1. The first-order chi connectivity index (χ1) is 11.1. The van der Waals surface area contributed by atoms with Crippen molar-refractivity contribution in [3.05, 3.63) is 35.4 Å². The average Bonchev–Trinajstić information content (AvgIpc) is 2.51. The molecule has 24 heavy (non-hydrogen) atoms. The van der Waals surface area contributed by atoms with E-state index >= 15 is 0 Å². The van der Waals surface area contributed by atoms with Crippen molar-refractivity contribution in [2.45, 2.75) is 40.7 Å². The van der Waals surface area contributed by atoms with E-state index in [2.05, 4.69) is 5.32 Å². The van der Waals surface area contributed by atoms with Gasteiger partial charge in [0.15, 0.2) is 0 Å². The molecule has 3 N–H and O–H groups in total. The Morgan fingerprint density at radius 2 is 1.75 bits per heavy atom. The lowest BCUT2D eigenvalue weighted by Crippen LogP contribution is -2.52. The Balaban J connectivity index is 2.84. The van der Waals surface area contributed by atoms with Crippen molar-refractivity contribution in [3.8, 4) is 0 Å². The summed E-state index contributed by atoms with van der Waals surface area (Å²) in [6.07, 6.45) is 0. The monoisotopic (exact) mass is 333 g/mol. The van der Waals surface area contributed by atoms with E-state index in [1.54, 1.807) is 24.1 Å². The van der Waals surface area contributed by atoms with Gasteiger partial charge >= 0.3 is 0 Å². The number of benzene rings is 1. The van der Waals surface area contributed by atoms with Crippen molar-refractivity contribution >= 4 is 11.8 Å². The van der Waals surface area contributed by atoms with Gasteiger partial charge in [0.05, 0.1) is 0 Å². The highest BCUT2D eigenvalue weighted by Gasteiger charge is 2.30. The molecule has 5 nitrogen and oxygen atoms in total. The van der Waals surface area contributed by atoms with Gasteiger partial charge in [-0.3, -0.25) is 9.59 Å². The van der Waals surface area contributed by atoms with Gasteiger partial charge in [-0.2, -0.15) is 0 Å². The van der Waals surface area contributed by atoms with Crippen molar-refractivity contribution in [1.29, 1.82) is 0 Å². The molecule has 0 heterocycles. The largest absolute Gasteiger partial charge is 0.343 e. The zero-order chi connectivity index (χ0) is 18.5. The van der Waals surface area contributed by atoms with Crippen LogP contribution in [0.25, 0.3) is 0 Å². The zero-order valence-corrected chi connectivity index (χ0v) is 15.7. The topological polar surface area (TPSA) is 75.4 Å². The fraction of sp³-hybridized carbons (Fsp3) is 0.579. The number of hydrogen-bond acceptors (Lipinski definition) is 3. The summed E-state index contributed by atoms with van der Waals surface area (Å²) in [6, 6.07) is 6.76. The molecular formula is C19H31N3O2. The quantitative estimate of drug-likeness (QED) is 0.803. The van der Waals surface area contributed by atoms with Crippen LogP contribution in [0.15, 0.2) is 24.3 Å². The van der Waals surface area contributed by atoms with Gasteiger partial charge in [0.2, 0.25) is 5.91 Å².